The van der Waals surface area contributed by atoms with E-state index in [0.717, 1.165) is 22.4 Å². The number of rotatable bonds is 5. The summed E-state index contributed by atoms with van der Waals surface area (Å²) in [6, 6.07) is 11.6. The van der Waals surface area contributed by atoms with Gasteiger partial charge in [0.15, 0.2) is 5.11 Å². The number of ether oxygens (including phenoxy) is 2. The Bertz CT molecular complexity index is 717. The molecule has 0 aliphatic rings. The van der Waals surface area contributed by atoms with Gasteiger partial charge in [0, 0.05) is 17.3 Å². The number of para-hydroxylation sites is 1. The van der Waals surface area contributed by atoms with E-state index in [1.54, 1.807) is 26.5 Å². The van der Waals surface area contributed by atoms with Crippen molar-refractivity contribution < 1.29 is 9.47 Å². The highest BCUT2D eigenvalue weighted by atomic mass is 32.1. The largest absolute Gasteiger partial charge is 0.497 e. The zero-order valence-corrected chi connectivity index (χ0v) is 15.0. The van der Waals surface area contributed by atoms with E-state index in [-0.39, 0.29) is 0 Å². The van der Waals surface area contributed by atoms with Crippen LogP contribution in [-0.2, 0) is 0 Å². The lowest BCUT2D eigenvalue weighted by molar-refractivity contribution is 0.394. The Morgan fingerprint density at radius 1 is 1.04 bits per heavy atom. The summed E-state index contributed by atoms with van der Waals surface area (Å²) in [5, 5.41) is 7.75. The number of hydrogen-bond acceptors (Lipinski definition) is 4. The van der Waals surface area contributed by atoms with E-state index < -0.39 is 0 Å². The number of thiocarbonyl (C=S) groups is 1. The summed E-state index contributed by atoms with van der Waals surface area (Å²) in [6.07, 6.45) is 1.66. The van der Waals surface area contributed by atoms with E-state index in [1.165, 1.54) is 0 Å². The standard InChI is InChI=1S/C18H21N3O2S/c1-12-6-5-7-13(2)17(12)20-18(24)21-19-11-14-8-15(22-3)10-16(9-14)23-4/h5-11H,1-4H3,(H2,20,21,24)/b19-11+. The van der Waals surface area contributed by atoms with Crippen LogP contribution in [0.1, 0.15) is 16.7 Å². The minimum absolute atomic E-state index is 0.429. The molecule has 0 radical (unpaired) electrons. The lowest BCUT2D eigenvalue weighted by atomic mass is 10.1. The molecular formula is C18H21N3O2S. The first-order chi connectivity index (χ1) is 11.5. The monoisotopic (exact) mass is 343 g/mol. The summed E-state index contributed by atoms with van der Waals surface area (Å²) in [6.45, 7) is 4.06. The number of hydrazone groups is 1. The first-order valence-electron chi connectivity index (χ1n) is 7.43. The molecule has 126 valence electrons. The van der Waals surface area contributed by atoms with Crippen LogP contribution in [0.5, 0.6) is 11.5 Å². The van der Waals surface area contributed by atoms with Gasteiger partial charge in [0.25, 0.3) is 0 Å². The molecular weight excluding hydrogens is 322 g/mol. The lowest BCUT2D eigenvalue weighted by Gasteiger charge is -2.12. The quantitative estimate of drug-likeness (QED) is 0.493. The SMILES string of the molecule is COc1cc(/C=N/NC(=S)Nc2c(C)cccc2C)cc(OC)c1. The molecule has 0 aliphatic heterocycles. The molecule has 0 saturated carbocycles. The number of nitrogens with zero attached hydrogens (tertiary/aromatic N) is 1. The second kappa shape index (κ2) is 8.31. The number of methoxy groups -OCH3 is 2. The normalized spacial score (nSPS) is 10.5. The van der Waals surface area contributed by atoms with Crippen molar-refractivity contribution in [2.45, 2.75) is 13.8 Å². The molecule has 2 aromatic carbocycles. The van der Waals surface area contributed by atoms with Crippen LogP contribution in [0.25, 0.3) is 0 Å². The van der Waals surface area contributed by atoms with Crippen LogP contribution in [0.15, 0.2) is 41.5 Å². The molecule has 0 heterocycles. The lowest BCUT2D eigenvalue weighted by Crippen LogP contribution is -2.24. The first-order valence-corrected chi connectivity index (χ1v) is 7.83. The number of nitrogens with one attached hydrogen (secondary N) is 2. The topological polar surface area (TPSA) is 54.9 Å². The van der Waals surface area contributed by atoms with Gasteiger partial charge in [0.2, 0.25) is 0 Å². The van der Waals surface area contributed by atoms with Gasteiger partial charge < -0.3 is 14.8 Å². The van der Waals surface area contributed by atoms with Crippen molar-refractivity contribution in [1.29, 1.82) is 0 Å². The highest BCUT2D eigenvalue weighted by molar-refractivity contribution is 7.80. The second-order valence-electron chi connectivity index (χ2n) is 5.24. The van der Waals surface area contributed by atoms with Crippen LogP contribution < -0.4 is 20.2 Å². The predicted molar refractivity (Wildman–Crippen MR) is 102 cm³/mol. The Kier molecular flexibility index (Phi) is 6.14. The third-order valence-corrected chi connectivity index (χ3v) is 3.67. The minimum atomic E-state index is 0.429. The van der Waals surface area contributed by atoms with Crippen molar-refractivity contribution in [3.63, 3.8) is 0 Å². The van der Waals surface area contributed by atoms with Crippen LogP contribution in [0, 0.1) is 13.8 Å². The van der Waals surface area contributed by atoms with Gasteiger partial charge >= 0.3 is 0 Å². The summed E-state index contributed by atoms with van der Waals surface area (Å²) in [5.41, 5.74) is 6.90. The average molecular weight is 343 g/mol. The van der Waals surface area contributed by atoms with E-state index >= 15 is 0 Å². The summed E-state index contributed by atoms with van der Waals surface area (Å²) in [4.78, 5) is 0. The minimum Gasteiger partial charge on any atom is -0.497 e. The van der Waals surface area contributed by atoms with Gasteiger partial charge in [0.05, 0.1) is 20.4 Å². The van der Waals surface area contributed by atoms with Crippen molar-refractivity contribution >= 4 is 29.2 Å². The number of benzene rings is 2. The van der Waals surface area contributed by atoms with Crippen molar-refractivity contribution in [2.24, 2.45) is 5.10 Å². The fourth-order valence-corrected chi connectivity index (χ4v) is 2.38. The summed E-state index contributed by atoms with van der Waals surface area (Å²) < 4.78 is 10.5. The molecule has 6 heteroatoms. The molecule has 2 rings (SSSR count). The van der Waals surface area contributed by atoms with Crippen molar-refractivity contribution in [3.8, 4) is 11.5 Å². The molecule has 0 fully saturated rings. The fourth-order valence-electron chi connectivity index (χ4n) is 2.22. The van der Waals surface area contributed by atoms with Gasteiger partial charge in [-0.1, -0.05) is 18.2 Å². The molecule has 2 N–H and O–H groups in total. The molecule has 0 unspecified atom stereocenters. The maximum absolute atomic E-state index is 5.28. The van der Waals surface area contributed by atoms with Gasteiger partial charge in [-0.3, -0.25) is 5.43 Å². The summed E-state index contributed by atoms with van der Waals surface area (Å²) in [7, 11) is 3.22. The maximum atomic E-state index is 5.28. The average Bonchev–Trinajstić information content (AvgIpc) is 2.58. The van der Waals surface area contributed by atoms with E-state index in [4.69, 9.17) is 21.7 Å². The molecule has 0 atom stereocenters. The van der Waals surface area contributed by atoms with Crippen LogP contribution in [0.2, 0.25) is 0 Å². The van der Waals surface area contributed by atoms with E-state index in [2.05, 4.69) is 15.8 Å². The first kappa shape index (κ1) is 17.7. The Hall–Kier alpha value is -2.60. The molecule has 0 bridgehead atoms. The molecule has 0 aromatic heterocycles. The fraction of sp³-hybridized carbons (Fsp3) is 0.222. The predicted octanol–water partition coefficient (Wildman–Crippen LogP) is 3.64. The van der Waals surface area contributed by atoms with Gasteiger partial charge in [-0.2, -0.15) is 5.10 Å². The zero-order chi connectivity index (χ0) is 17.5. The van der Waals surface area contributed by atoms with Gasteiger partial charge in [-0.05, 0) is 49.3 Å². The molecule has 0 aliphatic carbocycles. The number of hydrogen-bond donors (Lipinski definition) is 2. The van der Waals surface area contributed by atoms with Crippen molar-refractivity contribution in [2.75, 3.05) is 19.5 Å². The van der Waals surface area contributed by atoms with E-state index in [1.807, 2.05) is 44.2 Å². The van der Waals surface area contributed by atoms with Crippen LogP contribution in [0.4, 0.5) is 5.69 Å². The highest BCUT2D eigenvalue weighted by Gasteiger charge is 2.04. The number of anilines is 1. The third-order valence-electron chi connectivity index (χ3n) is 3.47. The van der Waals surface area contributed by atoms with Crippen molar-refractivity contribution in [1.82, 2.24) is 5.43 Å². The van der Waals surface area contributed by atoms with Crippen LogP contribution in [0.3, 0.4) is 0 Å². The Labute approximate surface area is 147 Å². The van der Waals surface area contributed by atoms with Gasteiger partial charge in [-0.15, -0.1) is 0 Å². The molecule has 0 saturated heterocycles. The molecule has 24 heavy (non-hydrogen) atoms. The smallest absolute Gasteiger partial charge is 0.191 e. The Balaban J connectivity index is 2.02. The molecule has 2 aromatic rings. The second-order valence-corrected chi connectivity index (χ2v) is 5.65. The Morgan fingerprint density at radius 2 is 1.62 bits per heavy atom. The summed E-state index contributed by atoms with van der Waals surface area (Å²) in [5.74, 6) is 1.40. The highest BCUT2D eigenvalue weighted by Crippen LogP contribution is 2.21. The van der Waals surface area contributed by atoms with E-state index in [9.17, 15) is 0 Å². The number of aryl methyl sites for hydroxylation is 2. The molecule has 0 amide bonds. The third kappa shape index (κ3) is 4.70. The Morgan fingerprint density at radius 3 is 2.17 bits per heavy atom. The van der Waals surface area contributed by atoms with Crippen molar-refractivity contribution in [3.05, 3.63) is 53.1 Å². The molecule has 5 nitrogen and oxygen atoms in total. The van der Waals surface area contributed by atoms with E-state index in [0.29, 0.717) is 16.6 Å². The van der Waals surface area contributed by atoms with Crippen LogP contribution >= 0.6 is 12.2 Å². The van der Waals surface area contributed by atoms with Gasteiger partial charge in [-0.25, -0.2) is 0 Å². The summed E-state index contributed by atoms with van der Waals surface area (Å²) >= 11 is 5.28. The molecule has 0 spiro atoms. The van der Waals surface area contributed by atoms with Crippen LogP contribution in [-0.4, -0.2) is 25.5 Å². The zero-order valence-electron chi connectivity index (χ0n) is 14.2. The maximum Gasteiger partial charge on any atom is 0.191 e. The van der Waals surface area contributed by atoms with Gasteiger partial charge in [0.1, 0.15) is 11.5 Å².